The zero-order valence-corrected chi connectivity index (χ0v) is 9.79. The van der Waals surface area contributed by atoms with E-state index in [2.05, 4.69) is 0 Å². The van der Waals surface area contributed by atoms with Crippen molar-refractivity contribution < 1.29 is 10.2 Å². The number of benzene rings is 1. The Labute approximate surface area is 102 Å². The summed E-state index contributed by atoms with van der Waals surface area (Å²) in [5.74, 6) is -0.0958. The highest BCUT2D eigenvalue weighted by Gasteiger charge is 2.35. The Morgan fingerprint density at radius 2 is 1.71 bits per heavy atom. The topological polar surface area (TPSA) is 40.5 Å². The molecule has 0 fully saturated rings. The summed E-state index contributed by atoms with van der Waals surface area (Å²) in [6.07, 6.45) is 9.01. The molecule has 2 N–H and O–H groups in total. The van der Waals surface area contributed by atoms with Crippen molar-refractivity contribution in [3.05, 3.63) is 60.2 Å². The number of aliphatic hydroxyl groups is 2. The predicted molar refractivity (Wildman–Crippen MR) is 68.7 cm³/mol. The van der Waals surface area contributed by atoms with Crippen molar-refractivity contribution in [1.29, 1.82) is 0 Å². The lowest BCUT2D eigenvalue weighted by molar-refractivity contribution is 0.138. The van der Waals surface area contributed by atoms with Crippen LogP contribution in [0.25, 0.3) is 0 Å². The first-order valence-electron chi connectivity index (χ1n) is 5.94. The highest BCUT2D eigenvalue weighted by molar-refractivity contribution is 5.31. The second kappa shape index (κ2) is 5.30. The van der Waals surface area contributed by atoms with Crippen LogP contribution in [0, 0.1) is 5.41 Å². The maximum Gasteiger partial charge on any atom is 0.0563 e. The second-order valence-electron chi connectivity index (χ2n) is 4.46. The average Bonchev–Trinajstić information content (AvgIpc) is 2.42. The van der Waals surface area contributed by atoms with Crippen LogP contribution in [0.3, 0.4) is 0 Å². The van der Waals surface area contributed by atoms with E-state index in [1.54, 1.807) is 0 Å². The molecule has 0 radical (unpaired) electrons. The highest BCUT2D eigenvalue weighted by Crippen LogP contribution is 2.40. The van der Waals surface area contributed by atoms with Crippen molar-refractivity contribution in [2.45, 2.75) is 12.3 Å². The fourth-order valence-corrected chi connectivity index (χ4v) is 2.43. The molecule has 1 aromatic rings. The van der Waals surface area contributed by atoms with E-state index in [1.165, 1.54) is 0 Å². The van der Waals surface area contributed by atoms with E-state index in [9.17, 15) is 10.2 Å². The lowest BCUT2D eigenvalue weighted by atomic mass is 9.71. The fraction of sp³-hybridized carbons (Fsp3) is 0.333. The van der Waals surface area contributed by atoms with Crippen molar-refractivity contribution in [2.24, 2.45) is 5.41 Å². The molecule has 0 amide bonds. The molecule has 2 heteroatoms. The van der Waals surface area contributed by atoms with E-state index < -0.39 is 5.41 Å². The largest absolute Gasteiger partial charge is 0.396 e. The van der Waals surface area contributed by atoms with Gasteiger partial charge in [0.15, 0.2) is 0 Å². The molecule has 0 unspecified atom stereocenters. The Kier molecular flexibility index (Phi) is 3.77. The van der Waals surface area contributed by atoms with E-state index in [1.807, 2.05) is 54.6 Å². The maximum atomic E-state index is 9.69. The van der Waals surface area contributed by atoms with Crippen LogP contribution >= 0.6 is 0 Å². The molecule has 1 aliphatic carbocycles. The molecule has 0 aliphatic heterocycles. The molecule has 2 rings (SSSR count). The van der Waals surface area contributed by atoms with Gasteiger partial charge >= 0.3 is 0 Å². The third kappa shape index (κ3) is 2.33. The van der Waals surface area contributed by atoms with E-state index in [4.69, 9.17) is 0 Å². The zero-order chi connectivity index (χ0) is 12.1. The van der Waals surface area contributed by atoms with Gasteiger partial charge in [-0.2, -0.15) is 0 Å². The molecule has 0 heterocycles. The molecule has 0 spiro atoms. The van der Waals surface area contributed by atoms with Gasteiger partial charge in [0, 0.05) is 11.3 Å². The summed E-state index contributed by atoms with van der Waals surface area (Å²) in [6.45, 7) is 0.0410. The van der Waals surface area contributed by atoms with Crippen LogP contribution in [0.4, 0.5) is 0 Å². The standard InChI is InChI=1S/C15H18O2/c16-11-14(13-7-3-1-4-8-13)15(12-17)9-5-2-6-10-15/h1,3-10,14,16-17H,2,11-12H2/t14-/m1/s1. The highest BCUT2D eigenvalue weighted by atomic mass is 16.3. The zero-order valence-electron chi connectivity index (χ0n) is 9.79. The van der Waals surface area contributed by atoms with Gasteiger partial charge in [-0.1, -0.05) is 54.6 Å². The molecule has 0 saturated carbocycles. The third-order valence-corrected chi connectivity index (χ3v) is 3.44. The van der Waals surface area contributed by atoms with Gasteiger partial charge in [0.2, 0.25) is 0 Å². The molecule has 0 aromatic heterocycles. The van der Waals surface area contributed by atoms with E-state index >= 15 is 0 Å². The van der Waals surface area contributed by atoms with E-state index in [0.29, 0.717) is 0 Å². The Balaban J connectivity index is 2.37. The molecular weight excluding hydrogens is 212 g/mol. The Morgan fingerprint density at radius 1 is 1.06 bits per heavy atom. The van der Waals surface area contributed by atoms with Gasteiger partial charge in [-0.3, -0.25) is 0 Å². The summed E-state index contributed by atoms with van der Waals surface area (Å²) >= 11 is 0. The van der Waals surface area contributed by atoms with Gasteiger partial charge in [0.1, 0.15) is 0 Å². The van der Waals surface area contributed by atoms with Crippen LogP contribution in [-0.2, 0) is 0 Å². The SMILES string of the molecule is OC[C@H](c1ccccc1)C1(CO)C=CCC=C1. The van der Waals surface area contributed by atoms with Crippen LogP contribution in [-0.4, -0.2) is 23.4 Å². The second-order valence-corrected chi connectivity index (χ2v) is 4.46. The number of hydrogen-bond acceptors (Lipinski definition) is 2. The summed E-state index contributed by atoms with van der Waals surface area (Å²) in [7, 11) is 0. The van der Waals surface area contributed by atoms with Crippen LogP contribution in [0.1, 0.15) is 17.9 Å². The Hall–Kier alpha value is -1.38. The van der Waals surface area contributed by atoms with Crippen molar-refractivity contribution >= 4 is 0 Å². The third-order valence-electron chi connectivity index (χ3n) is 3.44. The van der Waals surface area contributed by atoms with E-state index in [-0.39, 0.29) is 19.1 Å². The van der Waals surface area contributed by atoms with Crippen molar-refractivity contribution in [2.75, 3.05) is 13.2 Å². The molecule has 2 nitrogen and oxygen atoms in total. The van der Waals surface area contributed by atoms with Crippen LogP contribution in [0.15, 0.2) is 54.6 Å². The van der Waals surface area contributed by atoms with Crippen molar-refractivity contribution in [3.8, 4) is 0 Å². The molecule has 1 atom stereocenters. The summed E-state index contributed by atoms with van der Waals surface area (Å²) in [6, 6.07) is 9.86. The summed E-state index contributed by atoms with van der Waals surface area (Å²) < 4.78 is 0. The molecule has 90 valence electrons. The summed E-state index contributed by atoms with van der Waals surface area (Å²) in [5.41, 5.74) is 0.592. The first-order chi connectivity index (χ1) is 8.32. The molecular formula is C15H18O2. The van der Waals surface area contributed by atoms with Gasteiger partial charge < -0.3 is 10.2 Å². The van der Waals surface area contributed by atoms with Gasteiger partial charge in [-0.15, -0.1) is 0 Å². The fourth-order valence-electron chi connectivity index (χ4n) is 2.43. The molecule has 1 aromatic carbocycles. The Morgan fingerprint density at radius 3 is 2.24 bits per heavy atom. The molecule has 0 bridgehead atoms. The van der Waals surface area contributed by atoms with Gasteiger partial charge in [-0.25, -0.2) is 0 Å². The van der Waals surface area contributed by atoms with Gasteiger partial charge in [0.05, 0.1) is 13.2 Å². The molecule has 0 saturated heterocycles. The average molecular weight is 230 g/mol. The van der Waals surface area contributed by atoms with Gasteiger partial charge in [-0.05, 0) is 12.0 Å². The summed E-state index contributed by atoms with van der Waals surface area (Å²) in [4.78, 5) is 0. The number of hydrogen-bond donors (Lipinski definition) is 2. The number of rotatable bonds is 4. The van der Waals surface area contributed by atoms with E-state index in [0.717, 1.165) is 12.0 Å². The normalized spacial score (nSPS) is 19.2. The Bertz CT molecular complexity index is 394. The first-order valence-corrected chi connectivity index (χ1v) is 5.94. The van der Waals surface area contributed by atoms with Crippen LogP contribution in [0.5, 0.6) is 0 Å². The van der Waals surface area contributed by atoms with Crippen LogP contribution < -0.4 is 0 Å². The molecule has 17 heavy (non-hydrogen) atoms. The predicted octanol–water partition coefficient (Wildman–Crippen LogP) is 2.26. The maximum absolute atomic E-state index is 9.69. The summed E-state index contributed by atoms with van der Waals surface area (Å²) in [5, 5.41) is 19.3. The molecule has 1 aliphatic rings. The lowest BCUT2D eigenvalue weighted by Crippen LogP contribution is -2.32. The quantitative estimate of drug-likeness (QED) is 0.779. The smallest absolute Gasteiger partial charge is 0.0563 e. The minimum absolute atomic E-state index is 0.0140. The lowest BCUT2D eigenvalue weighted by Gasteiger charge is -2.35. The first kappa shape index (κ1) is 12.1. The number of aliphatic hydroxyl groups excluding tert-OH is 2. The number of allylic oxidation sites excluding steroid dienone is 2. The minimum Gasteiger partial charge on any atom is -0.396 e. The monoisotopic (exact) mass is 230 g/mol. The van der Waals surface area contributed by atoms with Crippen LogP contribution in [0.2, 0.25) is 0 Å². The van der Waals surface area contributed by atoms with Gasteiger partial charge in [0.25, 0.3) is 0 Å². The minimum atomic E-state index is -0.464. The van der Waals surface area contributed by atoms with Crippen molar-refractivity contribution in [3.63, 3.8) is 0 Å². The van der Waals surface area contributed by atoms with Crippen molar-refractivity contribution in [1.82, 2.24) is 0 Å².